The molecule has 2 saturated carbocycles. The number of fused-ring (bicyclic) bond motifs is 2. The predicted molar refractivity (Wildman–Crippen MR) is 268 cm³/mol. The standard InChI is InChI=1S/C27H29Cl2N3O2.C27H28Cl2N2O2/c1-3-27-12-10-20(19-9-6-17(14-21(19)29)22-11-13-32(2)31-22)24(16-4-7-18(28)8-5-16)25(27)23(15-33)30-26(27)34;1-2-27-12-11-20(19-10-7-17(14-21(19)29)22-4-3-13-30-22)24(16-5-8-18(28)9-6-16)25(27)23(15-32)31-26(27)33/h4-9,11,13-14,20,23-25,33H,3,10,12,15H2,1-2H3,(H,30,34);3-10,14,20,23-25,32H,2,11-13,15H2,1H3,(H,31,33)/t2*20-,23+,24+,25-,27+/m00/s1. The molecule has 0 radical (unpaired) electrons. The summed E-state index contributed by atoms with van der Waals surface area (Å²) >= 11 is 26.2. The minimum Gasteiger partial charge on any atom is -0.394 e. The molecule has 13 heteroatoms. The average Bonchev–Trinajstić information content (AvgIpc) is 4.15. The first-order valence-electron chi connectivity index (χ1n) is 23.5. The summed E-state index contributed by atoms with van der Waals surface area (Å²) in [5.74, 6) is 0.337. The van der Waals surface area contributed by atoms with Gasteiger partial charge in [0.05, 0.1) is 54.1 Å². The molecule has 4 heterocycles. The molecule has 350 valence electrons. The van der Waals surface area contributed by atoms with E-state index in [9.17, 15) is 19.8 Å². The topological polar surface area (TPSA) is 129 Å². The fraction of sp³-hybridized carbons (Fsp3) is 0.407. The second-order valence-corrected chi connectivity index (χ2v) is 20.7. The maximum Gasteiger partial charge on any atom is 0.226 e. The molecule has 2 aliphatic carbocycles. The number of halogens is 4. The highest BCUT2D eigenvalue weighted by atomic mass is 35.5. The molecular formula is C54H57Cl4N5O4. The molecule has 67 heavy (non-hydrogen) atoms. The number of aryl methyl sites for hydroxylation is 1. The number of aliphatic hydroxyl groups is 2. The van der Waals surface area contributed by atoms with Gasteiger partial charge in [-0.15, -0.1) is 0 Å². The van der Waals surface area contributed by atoms with Gasteiger partial charge >= 0.3 is 0 Å². The normalized spacial score (nSPS) is 29.7. The second-order valence-electron chi connectivity index (χ2n) is 19.0. The average molecular weight is 982 g/mol. The number of aliphatic hydroxyl groups excluding tert-OH is 2. The van der Waals surface area contributed by atoms with Crippen molar-refractivity contribution in [1.29, 1.82) is 0 Å². The number of aliphatic imine (C=N–C) groups is 1. The molecule has 0 bridgehead atoms. The predicted octanol–water partition coefficient (Wildman–Crippen LogP) is 11.1. The smallest absolute Gasteiger partial charge is 0.226 e. The zero-order valence-electron chi connectivity index (χ0n) is 37.9. The van der Waals surface area contributed by atoms with Crippen molar-refractivity contribution in [3.05, 3.63) is 157 Å². The third kappa shape index (κ3) is 8.56. The largest absolute Gasteiger partial charge is 0.394 e. The van der Waals surface area contributed by atoms with E-state index < -0.39 is 10.8 Å². The monoisotopic (exact) mass is 979 g/mol. The fourth-order valence-corrected chi connectivity index (χ4v) is 13.7. The van der Waals surface area contributed by atoms with Gasteiger partial charge < -0.3 is 20.8 Å². The Bertz CT molecular complexity index is 2700. The molecule has 5 aliphatic rings. The van der Waals surface area contributed by atoms with E-state index >= 15 is 0 Å². The van der Waals surface area contributed by atoms with Crippen LogP contribution in [0.25, 0.3) is 11.3 Å². The number of nitrogens with zero attached hydrogens (tertiary/aromatic N) is 3. The molecule has 2 saturated heterocycles. The summed E-state index contributed by atoms with van der Waals surface area (Å²) < 4.78 is 1.78. The SMILES string of the molecule is CC[C@@]12CC[C@@H](c3ccc(-c4ccn(C)n4)cc3Cl)[C@@H](c3ccc(Cl)cc3)[C@@H]1[C@@H](CO)NC2=O.CC[C@@]12CC[C@@H](c3ccc(C4=NCC=C4)cc3Cl)[C@@H](c3ccc(Cl)cc3)[C@@H]1[C@@H](CO)NC2=O. The minimum absolute atomic E-state index is 0.0141. The fourth-order valence-electron chi connectivity index (χ4n) is 12.8. The van der Waals surface area contributed by atoms with Crippen LogP contribution in [0.15, 0.2) is 114 Å². The van der Waals surface area contributed by atoms with E-state index in [0.717, 1.165) is 88.3 Å². The van der Waals surface area contributed by atoms with Crippen molar-refractivity contribution in [3.63, 3.8) is 0 Å². The van der Waals surface area contributed by atoms with Gasteiger partial charge in [0.2, 0.25) is 11.8 Å². The summed E-state index contributed by atoms with van der Waals surface area (Å²) in [6.07, 6.45) is 10.7. The van der Waals surface area contributed by atoms with Crippen LogP contribution in [-0.2, 0) is 16.6 Å². The quantitative estimate of drug-likeness (QED) is 0.111. The van der Waals surface area contributed by atoms with Gasteiger partial charge in [-0.3, -0.25) is 19.3 Å². The Hall–Kier alpha value is -4.48. The maximum absolute atomic E-state index is 13.2. The number of amides is 2. The van der Waals surface area contributed by atoms with Gasteiger partial charge in [-0.25, -0.2) is 0 Å². The Labute approximate surface area is 413 Å². The third-order valence-electron chi connectivity index (χ3n) is 16.0. The zero-order chi connectivity index (χ0) is 47.2. The molecule has 10 atom stereocenters. The van der Waals surface area contributed by atoms with E-state index in [2.05, 4.69) is 83.1 Å². The molecule has 4 fully saturated rings. The van der Waals surface area contributed by atoms with Gasteiger partial charge in [0.1, 0.15) is 0 Å². The number of carbonyl (C=O) groups excluding carboxylic acids is 2. The van der Waals surface area contributed by atoms with Crippen LogP contribution in [0.3, 0.4) is 0 Å². The van der Waals surface area contributed by atoms with Crippen LogP contribution in [-0.4, -0.2) is 69.4 Å². The third-order valence-corrected chi connectivity index (χ3v) is 17.2. The summed E-state index contributed by atoms with van der Waals surface area (Å²) in [5.41, 5.74) is 7.26. The van der Waals surface area contributed by atoms with Crippen molar-refractivity contribution in [2.75, 3.05) is 19.8 Å². The zero-order valence-corrected chi connectivity index (χ0v) is 41.0. The molecular weight excluding hydrogens is 924 g/mol. The Balaban J connectivity index is 0.000000168. The van der Waals surface area contributed by atoms with Crippen molar-refractivity contribution >= 4 is 63.9 Å². The highest BCUT2D eigenvalue weighted by Crippen LogP contribution is 2.62. The summed E-state index contributed by atoms with van der Waals surface area (Å²) in [6, 6.07) is 29.6. The summed E-state index contributed by atoms with van der Waals surface area (Å²) in [5, 5.41) is 34.0. The van der Waals surface area contributed by atoms with Crippen LogP contribution in [0.5, 0.6) is 0 Å². The Morgan fingerprint density at radius 2 is 1.15 bits per heavy atom. The summed E-state index contributed by atoms with van der Waals surface area (Å²) in [6.45, 7) is 4.72. The first-order chi connectivity index (χ1) is 32.4. The second kappa shape index (κ2) is 19.5. The van der Waals surface area contributed by atoms with Gasteiger partial charge in [-0.05, 0) is 133 Å². The highest BCUT2D eigenvalue weighted by Gasteiger charge is 2.62. The van der Waals surface area contributed by atoms with Crippen LogP contribution < -0.4 is 10.6 Å². The van der Waals surface area contributed by atoms with Crippen LogP contribution in [0.2, 0.25) is 20.1 Å². The van der Waals surface area contributed by atoms with E-state index in [-0.39, 0.29) is 72.6 Å². The van der Waals surface area contributed by atoms with Crippen molar-refractivity contribution in [3.8, 4) is 11.3 Å². The number of allylic oxidation sites excluding steroid dienone is 1. The Kier molecular flexibility index (Phi) is 13.8. The van der Waals surface area contributed by atoms with Crippen LogP contribution in [0.1, 0.15) is 104 Å². The molecule has 0 unspecified atom stereocenters. The first-order valence-corrected chi connectivity index (χ1v) is 25.0. The van der Waals surface area contributed by atoms with Crippen molar-refractivity contribution < 1.29 is 19.8 Å². The van der Waals surface area contributed by atoms with Gasteiger partial charge in [-0.1, -0.05) is 115 Å². The van der Waals surface area contributed by atoms with Gasteiger partial charge in [0.15, 0.2) is 0 Å². The lowest BCUT2D eigenvalue weighted by molar-refractivity contribution is -0.132. The van der Waals surface area contributed by atoms with E-state index in [0.29, 0.717) is 21.6 Å². The van der Waals surface area contributed by atoms with Crippen molar-refractivity contribution in [2.45, 2.75) is 88.1 Å². The molecule has 3 aliphatic heterocycles. The molecule has 10 rings (SSSR count). The minimum atomic E-state index is -0.491. The van der Waals surface area contributed by atoms with E-state index in [1.165, 1.54) is 0 Å². The van der Waals surface area contributed by atoms with Crippen molar-refractivity contribution in [2.24, 2.45) is 34.7 Å². The van der Waals surface area contributed by atoms with E-state index in [1.54, 1.807) is 4.68 Å². The van der Waals surface area contributed by atoms with Crippen LogP contribution in [0, 0.1) is 22.7 Å². The van der Waals surface area contributed by atoms with Crippen molar-refractivity contribution in [1.82, 2.24) is 20.4 Å². The maximum atomic E-state index is 13.2. The van der Waals surface area contributed by atoms with Gasteiger partial charge in [-0.2, -0.15) is 5.10 Å². The highest BCUT2D eigenvalue weighted by molar-refractivity contribution is 6.32. The van der Waals surface area contributed by atoms with E-state index in [1.807, 2.05) is 67.9 Å². The number of nitrogens with one attached hydrogen (secondary N) is 2. The molecule has 4 aromatic carbocycles. The molecule has 9 nitrogen and oxygen atoms in total. The first kappa shape index (κ1) is 47.6. The van der Waals surface area contributed by atoms with Crippen LogP contribution in [0.4, 0.5) is 0 Å². The Morgan fingerprint density at radius 3 is 1.55 bits per heavy atom. The van der Waals surface area contributed by atoms with Crippen LogP contribution >= 0.6 is 46.4 Å². The molecule has 1 aromatic heterocycles. The molecule has 5 aromatic rings. The lowest BCUT2D eigenvalue weighted by Crippen LogP contribution is -2.45. The lowest BCUT2D eigenvalue weighted by atomic mass is 9.54. The number of rotatable bonds is 10. The van der Waals surface area contributed by atoms with Gasteiger partial charge in [0.25, 0.3) is 0 Å². The summed E-state index contributed by atoms with van der Waals surface area (Å²) in [4.78, 5) is 30.9. The molecule has 0 spiro atoms. The Morgan fingerprint density at radius 1 is 0.672 bits per heavy atom. The molecule has 4 N–H and O–H groups in total. The number of aromatic nitrogens is 2. The summed E-state index contributed by atoms with van der Waals surface area (Å²) in [7, 11) is 1.90. The number of carbonyl (C=O) groups is 2. The number of hydrogen-bond donors (Lipinski definition) is 4. The number of hydrogen-bond acceptors (Lipinski definition) is 6. The number of benzene rings is 4. The lowest BCUT2D eigenvalue weighted by Gasteiger charge is -2.48. The molecule has 2 amide bonds. The van der Waals surface area contributed by atoms with Gasteiger partial charge in [0, 0.05) is 56.3 Å². The van der Waals surface area contributed by atoms with E-state index in [4.69, 9.17) is 46.4 Å².